The molecule has 24 heavy (non-hydrogen) atoms. The molecule has 1 N–H and O–H groups in total. The lowest BCUT2D eigenvalue weighted by Gasteiger charge is -2.34. The van der Waals surface area contributed by atoms with Crippen molar-refractivity contribution in [1.29, 1.82) is 0 Å². The lowest BCUT2D eigenvalue weighted by molar-refractivity contribution is -0.138. The molecule has 0 aromatic carbocycles. The molecule has 1 aliphatic rings. The Balaban J connectivity index is 1.65. The summed E-state index contributed by atoms with van der Waals surface area (Å²) in [6, 6.07) is 7.69. The molecule has 1 atom stereocenters. The number of rotatable bonds is 5. The zero-order chi connectivity index (χ0) is 17.1. The summed E-state index contributed by atoms with van der Waals surface area (Å²) >= 11 is 0. The van der Waals surface area contributed by atoms with Crippen LogP contribution in [0.25, 0.3) is 5.52 Å². The number of carbonyl (C=O) groups is 2. The average Bonchev–Trinajstić information content (AvgIpc) is 2.97. The second kappa shape index (κ2) is 7.02. The molecule has 0 bridgehead atoms. The Hall–Kier alpha value is -2.38. The molecular formula is C17H21N3O4. The number of nitrogens with zero attached hydrogens (tertiary/aromatic N) is 3. The number of ether oxygens (including phenoxy) is 1. The van der Waals surface area contributed by atoms with E-state index in [2.05, 4.69) is 0 Å². The van der Waals surface area contributed by atoms with Gasteiger partial charge in [-0.3, -0.25) is 14.5 Å². The van der Waals surface area contributed by atoms with Crippen LogP contribution in [0, 0.1) is 0 Å². The van der Waals surface area contributed by atoms with E-state index in [-0.39, 0.29) is 18.6 Å². The number of carboxylic acids is 1. The molecule has 1 fully saturated rings. The molecule has 7 heteroatoms. The first-order chi connectivity index (χ1) is 11.5. The zero-order valence-electron chi connectivity index (χ0n) is 13.6. The maximum Gasteiger partial charge on any atom is 0.317 e. The summed E-state index contributed by atoms with van der Waals surface area (Å²) < 4.78 is 7.59. The minimum atomic E-state index is -0.873. The number of aliphatic carboxylic acids is 1. The van der Waals surface area contributed by atoms with Crippen molar-refractivity contribution >= 4 is 17.4 Å². The molecule has 128 valence electrons. The summed E-state index contributed by atoms with van der Waals surface area (Å²) in [7, 11) is 1.73. The van der Waals surface area contributed by atoms with Crippen LogP contribution in [0.4, 0.5) is 0 Å². The van der Waals surface area contributed by atoms with Gasteiger partial charge in [0.05, 0.1) is 24.8 Å². The Kier molecular flexibility index (Phi) is 4.82. The summed E-state index contributed by atoms with van der Waals surface area (Å²) in [5.41, 5.74) is 1.63. The molecule has 0 saturated carbocycles. The largest absolute Gasteiger partial charge is 0.480 e. The van der Waals surface area contributed by atoms with Gasteiger partial charge in [0.1, 0.15) is 0 Å². The number of fused-ring (bicyclic) bond motifs is 1. The molecule has 1 saturated heterocycles. The molecule has 7 nitrogen and oxygen atoms in total. The van der Waals surface area contributed by atoms with E-state index in [1.807, 2.05) is 41.1 Å². The van der Waals surface area contributed by atoms with Gasteiger partial charge in [-0.25, -0.2) is 0 Å². The van der Waals surface area contributed by atoms with Crippen LogP contribution in [-0.2, 0) is 9.53 Å². The fourth-order valence-electron chi connectivity index (χ4n) is 3.01. The molecule has 0 spiro atoms. The Labute approximate surface area is 140 Å². The van der Waals surface area contributed by atoms with Crippen LogP contribution in [0.2, 0.25) is 0 Å². The Morgan fingerprint density at radius 2 is 2.25 bits per heavy atom. The summed E-state index contributed by atoms with van der Waals surface area (Å²) in [5.74, 6) is -0.894. The molecule has 1 amide bonds. The SMILES string of the molecule is CN(CC(=O)O)C[C@H]1CN(C(=O)c2cc3ccccn3c2)CCO1. The van der Waals surface area contributed by atoms with E-state index < -0.39 is 5.97 Å². The van der Waals surface area contributed by atoms with Crippen LogP contribution in [0.3, 0.4) is 0 Å². The van der Waals surface area contributed by atoms with Crippen molar-refractivity contribution in [3.63, 3.8) is 0 Å². The first kappa shape index (κ1) is 16.5. The summed E-state index contributed by atoms with van der Waals surface area (Å²) in [4.78, 5) is 26.9. The van der Waals surface area contributed by atoms with Gasteiger partial charge in [0.2, 0.25) is 0 Å². The quantitative estimate of drug-likeness (QED) is 0.877. The van der Waals surface area contributed by atoms with Crippen molar-refractivity contribution in [2.75, 3.05) is 39.8 Å². The molecule has 3 heterocycles. The van der Waals surface area contributed by atoms with Gasteiger partial charge in [0.15, 0.2) is 0 Å². The predicted molar refractivity (Wildman–Crippen MR) is 88.2 cm³/mol. The van der Waals surface area contributed by atoms with E-state index in [0.717, 1.165) is 5.52 Å². The number of hydrogen-bond acceptors (Lipinski definition) is 4. The number of hydrogen-bond donors (Lipinski definition) is 1. The predicted octanol–water partition coefficient (Wildman–Crippen LogP) is 0.797. The number of likely N-dealkylation sites (N-methyl/N-ethyl adjacent to an activating group) is 1. The van der Waals surface area contributed by atoms with Gasteiger partial charge in [-0.1, -0.05) is 6.07 Å². The molecule has 0 aliphatic carbocycles. The Morgan fingerprint density at radius 3 is 3.00 bits per heavy atom. The monoisotopic (exact) mass is 331 g/mol. The highest BCUT2D eigenvalue weighted by Crippen LogP contribution is 2.15. The molecule has 2 aromatic heterocycles. The van der Waals surface area contributed by atoms with Crippen molar-refractivity contribution in [2.24, 2.45) is 0 Å². The zero-order valence-corrected chi connectivity index (χ0v) is 13.6. The van der Waals surface area contributed by atoms with E-state index >= 15 is 0 Å². The lowest BCUT2D eigenvalue weighted by Crippen LogP contribution is -2.49. The minimum Gasteiger partial charge on any atom is -0.480 e. The highest BCUT2D eigenvalue weighted by atomic mass is 16.5. The number of amides is 1. The van der Waals surface area contributed by atoms with Gasteiger partial charge in [-0.2, -0.15) is 0 Å². The minimum absolute atomic E-state index is 0.0205. The molecular weight excluding hydrogens is 310 g/mol. The third-order valence-electron chi connectivity index (χ3n) is 4.10. The molecule has 1 aliphatic heterocycles. The van der Waals surface area contributed by atoms with Crippen LogP contribution in [-0.4, -0.2) is 77.1 Å². The van der Waals surface area contributed by atoms with Crippen molar-refractivity contribution in [3.8, 4) is 0 Å². The highest BCUT2D eigenvalue weighted by molar-refractivity contribution is 5.95. The number of carbonyl (C=O) groups excluding carboxylic acids is 1. The third kappa shape index (κ3) is 3.74. The summed E-state index contributed by atoms with van der Waals surface area (Å²) in [6.45, 7) is 1.91. The van der Waals surface area contributed by atoms with Crippen molar-refractivity contribution in [2.45, 2.75) is 6.10 Å². The van der Waals surface area contributed by atoms with E-state index in [1.54, 1.807) is 16.8 Å². The summed E-state index contributed by atoms with van der Waals surface area (Å²) in [5, 5.41) is 8.82. The van der Waals surface area contributed by atoms with Gasteiger partial charge in [0, 0.05) is 37.5 Å². The molecule has 3 rings (SSSR count). The lowest BCUT2D eigenvalue weighted by atomic mass is 10.2. The van der Waals surface area contributed by atoms with Gasteiger partial charge in [0.25, 0.3) is 5.91 Å². The third-order valence-corrected chi connectivity index (χ3v) is 4.10. The van der Waals surface area contributed by atoms with Crippen LogP contribution in [0.1, 0.15) is 10.4 Å². The van der Waals surface area contributed by atoms with Gasteiger partial charge < -0.3 is 19.1 Å². The smallest absolute Gasteiger partial charge is 0.317 e. The fraction of sp³-hybridized carbons (Fsp3) is 0.412. The number of aromatic nitrogens is 1. The molecule has 0 unspecified atom stereocenters. The summed E-state index contributed by atoms with van der Waals surface area (Å²) in [6.07, 6.45) is 3.57. The van der Waals surface area contributed by atoms with Crippen molar-refractivity contribution < 1.29 is 19.4 Å². The van der Waals surface area contributed by atoms with E-state index in [0.29, 0.717) is 31.8 Å². The molecule has 2 aromatic rings. The standard InChI is InChI=1S/C17H21N3O4/c1-18(12-16(21)22)10-15-11-20(6-7-24-15)17(23)13-8-14-4-2-3-5-19(14)9-13/h2-5,8-9,15H,6-7,10-12H2,1H3,(H,21,22)/t15-/m0/s1. The van der Waals surface area contributed by atoms with Gasteiger partial charge in [-0.05, 0) is 25.2 Å². The topological polar surface area (TPSA) is 74.5 Å². The van der Waals surface area contributed by atoms with Crippen LogP contribution in [0.15, 0.2) is 36.7 Å². The van der Waals surface area contributed by atoms with Gasteiger partial charge in [-0.15, -0.1) is 0 Å². The Morgan fingerprint density at radius 1 is 1.42 bits per heavy atom. The van der Waals surface area contributed by atoms with Crippen LogP contribution < -0.4 is 0 Å². The first-order valence-electron chi connectivity index (χ1n) is 7.91. The van der Waals surface area contributed by atoms with Crippen molar-refractivity contribution in [3.05, 3.63) is 42.2 Å². The number of morpholine rings is 1. The van der Waals surface area contributed by atoms with E-state index in [4.69, 9.17) is 9.84 Å². The highest BCUT2D eigenvalue weighted by Gasteiger charge is 2.26. The Bertz CT molecular complexity index is 709. The van der Waals surface area contributed by atoms with E-state index in [1.165, 1.54) is 0 Å². The number of pyridine rings is 1. The average molecular weight is 331 g/mol. The van der Waals surface area contributed by atoms with Gasteiger partial charge >= 0.3 is 5.97 Å². The number of carboxylic acid groups (broad SMARTS) is 1. The van der Waals surface area contributed by atoms with E-state index in [9.17, 15) is 9.59 Å². The fourth-order valence-corrected chi connectivity index (χ4v) is 3.01. The van der Waals surface area contributed by atoms with Crippen LogP contribution in [0.5, 0.6) is 0 Å². The van der Waals surface area contributed by atoms with Crippen LogP contribution >= 0.6 is 0 Å². The maximum atomic E-state index is 12.7. The second-order valence-corrected chi connectivity index (χ2v) is 6.10. The van der Waals surface area contributed by atoms with Crippen molar-refractivity contribution in [1.82, 2.24) is 14.2 Å². The second-order valence-electron chi connectivity index (χ2n) is 6.10. The first-order valence-corrected chi connectivity index (χ1v) is 7.91. The maximum absolute atomic E-state index is 12.7. The molecule has 0 radical (unpaired) electrons. The normalized spacial score (nSPS) is 18.2.